The lowest BCUT2D eigenvalue weighted by Crippen LogP contribution is -2.37. The summed E-state index contributed by atoms with van der Waals surface area (Å²) < 4.78 is 10.5. The number of halogens is 2. The predicted molar refractivity (Wildman–Crippen MR) is 102 cm³/mol. The van der Waals surface area contributed by atoms with Crippen LogP contribution in [0.15, 0.2) is 53.7 Å². The molecule has 2 aromatic carbocycles. The quantitative estimate of drug-likeness (QED) is 0.715. The molecule has 0 unspecified atom stereocenters. The summed E-state index contributed by atoms with van der Waals surface area (Å²) in [7, 11) is 1.57. The Labute approximate surface area is 166 Å². The summed E-state index contributed by atoms with van der Waals surface area (Å²) >= 11 is 12.2. The summed E-state index contributed by atoms with van der Waals surface area (Å²) in [5.41, 5.74) is 2.37. The van der Waals surface area contributed by atoms with Gasteiger partial charge in [0.2, 0.25) is 5.91 Å². The molecule has 4 rings (SSSR count). The highest BCUT2D eigenvalue weighted by Gasteiger charge is 2.43. The average Bonchev–Trinajstić information content (AvgIpc) is 3.01. The minimum absolute atomic E-state index is 0.0322. The molecular formula is C20H15Cl2NO4. The number of carbonyl (C=O) groups is 2. The molecule has 0 bridgehead atoms. The summed E-state index contributed by atoms with van der Waals surface area (Å²) in [4.78, 5) is 27.0. The number of rotatable bonds is 3. The number of ether oxygens (including phenoxy) is 2. The Morgan fingerprint density at radius 2 is 1.85 bits per heavy atom. The van der Waals surface area contributed by atoms with Crippen molar-refractivity contribution in [3.05, 3.63) is 69.3 Å². The van der Waals surface area contributed by atoms with E-state index in [-0.39, 0.29) is 24.9 Å². The maximum absolute atomic E-state index is 13.0. The summed E-state index contributed by atoms with van der Waals surface area (Å²) in [5.74, 6) is -0.289. The largest absolute Gasteiger partial charge is 0.497 e. The number of carbonyl (C=O) groups excluding carboxylic acids is 2. The van der Waals surface area contributed by atoms with Crippen molar-refractivity contribution in [1.29, 1.82) is 0 Å². The molecule has 0 saturated carbocycles. The van der Waals surface area contributed by atoms with Crippen LogP contribution in [0.3, 0.4) is 0 Å². The highest BCUT2D eigenvalue weighted by atomic mass is 35.5. The van der Waals surface area contributed by atoms with Crippen LogP contribution in [0.5, 0.6) is 5.75 Å². The van der Waals surface area contributed by atoms with Gasteiger partial charge in [0, 0.05) is 22.4 Å². The lowest BCUT2D eigenvalue weighted by atomic mass is 9.84. The van der Waals surface area contributed by atoms with Gasteiger partial charge in [-0.3, -0.25) is 9.69 Å². The molecule has 0 N–H and O–H groups in total. The van der Waals surface area contributed by atoms with Gasteiger partial charge in [0.25, 0.3) is 0 Å². The summed E-state index contributed by atoms with van der Waals surface area (Å²) in [6.07, 6.45) is 0.130. The molecule has 2 aliphatic rings. The first-order valence-electron chi connectivity index (χ1n) is 8.31. The van der Waals surface area contributed by atoms with Crippen molar-refractivity contribution in [3.63, 3.8) is 0 Å². The van der Waals surface area contributed by atoms with Crippen LogP contribution in [-0.4, -0.2) is 25.6 Å². The van der Waals surface area contributed by atoms with E-state index in [1.807, 2.05) is 24.3 Å². The fourth-order valence-electron chi connectivity index (χ4n) is 3.57. The zero-order chi connectivity index (χ0) is 19.1. The van der Waals surface area contributed by atoms with Crippen molar-refractivity contribution in [1.82, 2.24) is 0 Å². The number of nitrogens with zero attached hydrogens (tertiary/aromatic N) is 1. The van der Waals surface area contributed by atoms with Gasteiger partial charge in [-0.1, -0.05) is 35.3 Å². The van der Waals surface area contributed by atoms with Gasteiger partial charge in [-0.05, 0) is 35.9 Å². The number of amides is 1. The number of hydrogen-bond acceptors (Lipinski definition) is 4. The number of benzene rings is 2. The van der Waals surface area contributed by atoms with E-state index in [2.05, 4.69) is 0 Å². The van der Waals surface area contributed by atoms with Crippen molar-refractivity contribution < 1.29 is 19.1 Å². The minimum Gasteiger partial charge on any atom is -0.497 e. The number of esters is 1. The van der Waals surface area contributed by atoms with E-state index < -0.39 is 5.97 Å². The van der Waals surface area contributed by atoms with Gasteiger partial charge in [-0.15, -0.1) is 0 Å². The third kappa shape index (κ3) is 3.17. The van der Waals surface area contributed by atoms with Crippen LogP contribution >= 0.6 is 23.2 Å². The highest BCUT2D eigenvalue weighted by molar-refractivity contribution is 6.35. The zero-order valence-corrected chi connectivity index (χ0v) is 15.9. The van der Waals surface area contributed by atoms with Crippen molar-refractivity contribution in [2.45, 2.75) is 12.3 Å². The normalized spacial score (nSPS) is 19.2. The Kier molecular flexibility index (Phi) is 4.58. The Morgan fingerprint density at radius 1 is 1.11 bits per heavy atom. The molecule has 0 radical (unpaired) electrons. The van der Waals surface area contributed by atoms with E-state index >= 15 is 0 Å². The molecule has 0 saturated heterocycles. The molecular weight excluding hydrogens is 389 g/mol. The molecule has 27 heavy (non-hydrogen) atoms. The molecule has 7 heteroatoms. The molecule has 2 aliphatic heterocycles. The zero-order valence-electron chi connectivity index (χ0n) is 14.4. The first-order valence-corrected chi connectivity index (χ1v) is 9.06. The molecule has 0 aliphatic carbocycles. The van der Waals surface area contributed by atoms with Crippen LogP contribution in [0.1, 0.15) is 17.9 Å². The average molecular weight is 404 g/mol. The van der Waals surface area contributed by atoms with Crippen LogP contribution < -0.4 is 9.64 Å². The summed E-state index contributed by atoms with van der Waals surface area (Å²) in [6, 6.07) is 12.2. The molecule has 2 aromatic rings. The van der Waals surface area contributed by atoms with Gasteiger partial charge >= 0.3 is 5.97 Å². The van der Waals surface area contributed by atoms with Crippen LogP contribution in [0.25, 0.3) is 0 Å². The first-order chi connectivity index (χ1) is 13.0. The predicted octanol–water partition coefficient (Wildman–Crippen LogP) is 4.33. The maximum Gasteiger partial charge on any atom is 0.336 e. The van der Waals surface area contributed by atoms with Gasteiger partial charge in [0.05, 0.1) is 24.1 Å². The van der Waals surface area contributed by atoms with E-state index in [1.54, 1.807) is 25.3 Å². The van der Waals surface area contributed by atoms with Gasteiger partial charge in [-0.2, -0.15) is 0 Å². The molecule has 1 amide bonds. The third-order valence-electron chi connectivity index (χ3n) is 4.72. The minimum atomic E-state index is -0.413. The molecule has 5 nitrogen and oxygen atoms in total. The number of cyclic esters (lactones) is 1. The second kappa shape index (κ2) is 6.91. The number of hydrogen-bond donors (Lipinski definition) is 0. The van der Waals surface area contributed by atoms with Crippen molar-refractivity contribution >= 4 is 40.8 Å². The molecule has 2 heterocycles. The van der Waals surface area contributed by atoms with E-state index in [9.17, 15) is 9.59 Å². The van der Waals surface area contributed by atoms with Gasteiger partial charge in [0.15, 0.2) is 0 Å². The van der Waals surface area contributed by atoms with Gasteiger partial charge in [0.1, 0.15) is 12.4 Å². The van der Waals surface area contributed by atoms with Gasteiger partial charge in [-0.25, -0.2) is 4.79 Å². The number of methoxy groups -OCH3 is 1. The maximum atomic E-state index is 13.0. The standard InChI is InChI=1S/C20H15Cl2NO4/c1-26-15-4-2-3-11(5-15)16-9-18(24)23(17-10-27-20(25)19(16)17)14-7-12(21)6-13(22)8-14/h2-8,16H,9-10H2,1H3/t16-/m1/s1. The van der Waals surface area contributed by atoms with Crippen LogP contribution in [-0.2, 0) is 14.3 Å². The smallest absolute Gasteiger partial charge is 0.336 e. The lowest BCUT2D eigenvalue weighted by molar-refractivity contribution is -0.136. The van der Waals surface area contributed by atoms with E-state index in [0.717, 1.165) is 5.56 Å². The van der Waals surface area contributed by atoms with Crippen molar-refractivity contribution in [3.8, 4) is 5.75 Å². The molecule has 1 atom stereocenters. The lowest BCUT2D eigenvalue weighted by Gasteiger charge is -2.32. The SMILES string of the molecule is COc1cccc([C@H]2CC(=O)N(c3cc(Cl)cc(Cl)c3)C3=C2C(=O)OC3)c1. The van der Waals surface area contributed by atoms with Crippen LogP contribution in [0.4, 0.5) is 5.69 Å². The Balaban J connectivity index is 1.84. The van der Waals surface area contributed by atoms with Crippen LogP contribution in [0, 0.1) is 0 Å². The molecule has 0 aromatic heterocycles. The van der Waals surface area contributed by atoms with E-state index in [1.165, 1.54) is 4.90 Å². The molecule has 138 valence electrons. The summed E-state index contributed by atoms with van der Waals surface area (Å²) in [5, 5.41) is 0.820. The van der Waals surface area contributed by atoms with Crippen LogP contribution in [0.2, 0.25) is 10.0 Å². The second-order valence-electron chi connectivity index (χ2n) is 6.33. The first kappa shape index (κ1) is 17.9. The summed E-state index contributed by atoms with van der Waals surface area (Å²) in [6.45, 7) is 0.0322. The Morgan fingerprint density at radius 3 is 2.56 bits per heavy atom. The van der Waals surface area contributed by atoms with E-state index in [0.29, 0.717) is 32.8 Å². The van der Waals surface area contributed by atoms with E-state index in [4.69, 9.17) is 32.7 Å². The Bertz CT molecular complexity index is 965. The fraction of sp³-hybridized carbons (Fsp3) is 0.200. The van der Waals surface area contributed by atoms with Crippen molar-refractivity contribution in [2.24, 2.45) is 0 Å². The topological polar surface area (TPSA) is 55.8 Å². The molecule has 0 fully saturated rings. The second-order valence-corrected chi connectivity index (χ2v) is 7.20. The van der Waals surface area contributed by atoms with Gasteiger partial charge < -0.3 is 9.47 Å². The number of anilines is 1. The Hall–Kier alpha value is -2.50. The monoisotopic (exact) mass is 403 g/mol. The molecule has 0 spiro atoms. The highest BCUT2D eigenvalue weighted by Crippen LogP contribution is 2.43. The fourth-order valence-corrected chi connectivity index (χ4v) is 4.08. The third-order valence-corrected chi connectivity index (χ3v) is 5.16. The van der Waals surface area contributed by atoms with Crippen molar-refractivity contribution in [2.75, 3.05) is 18.6 Å².